The van der Waals surface area contributed by atoms with Gasteiger partial charge in [0.25, 0.3) is 13.4 Å². The molecule has 0 spiro atoms. The molecule has 164 valence electrons. The average Bonchev–Trinajstić information content (AvgIpc) is 2.92. The predicted octanol–water partition coefficient (Wildman–Crippen LogP) is 3.49. The number of benzene rings is 5. The van der Waals surface area contributed by atoms with Gasteiger partial charge in [-0.05, 0) is 57.0 Å². The van der Waals surface area contributed by atoms with E-state index < -0.39 is 0 Å². The lowest BCUT2D eigenvalue weighted by Crippen LogP contribution is -2.67. The van der Waals surface area contributed by atoms with Gasteiger partial charge in [-0.15, -0.1) is 0 Å². The Kier molecular flexibility index (Phi) is 3.06. The van der Waals surface area contributed by atoms with E-state index in [2.05, 4.69) is 95.9 Å². The van der Waals surface area contributed by atoms with E-state index in [1.165, 1.54) is 59.6 Å². The van der Waals surface area contributed by atoms with Gasteiger partial charge in [0.1, 0.15) is 23.0 Å². The molecule has 0 atom stereocenters. The second-order valence-corrected chi connectivity index (χ2v) is 11.1. The van der Waals surface area contributed by atoms with Crippen LogP contribution in [-0.4, -0.2) is 13.4 Å². The summed E-state index contributed by atoms with van der Waals surface area (Å²) in [5.41, 5.74) is 11.6. The molecule has 0 N–H and O–H groups in total. The summed E-state index contributed by atoms with van der Waals surface area (Å²) >= 11 is 1.90. The monoisotopic (exact) mass is 475 g/mol. The van der Waals surface area contributed by atoms with Gasteiger partial charge in [-0.2, -0.15) is 0 Å². The van der Waals surface area contributed by atoms with Gasteiger partial charge >= 0.3 is 0 Å². The van der Waals surface area contributed by atoms with Crippen molar-refractivity contribution in [3.63, 3.8) is 0 Å². The molecule has 5 aliphatic heterocycles. The average molecular weight is 475 g/mol. The highest BCUT2D eigenvalue weighted by molar-refractivity contribution is 7.99. The molecule has 10 rings (SSSR count). The van der Waals surface area contributed by atoms with Gasteiger partial charge in [0.15, 0.2) is 0 Å². The molecule has 0 saturated carbocycles. The van der Waals surface area contributed by atoms with Crippen LogP contribution in [0.25, 0.3) is 0 Å². The van der Waals surface area contributed by atoms with Crippen LogP contribution in [0.2, 0.25) is 0 Å². The van der Waals surface area contributed by atoms with Crippen LogP contribution in [0.5, 0.6) is 23.0 Å². The van der Waals surface area contributed by atoms with Crippen molar-refractivity contribution < 1.29 is 9.47 Å². The maximum Gasteiger partial charge on any atom is 0.256 e. The van der Waals surface area contributed by atoms with Crippen LogP contribution < -0.4 is 47.2 Å². The number of hydrogen-bond acceptors (Lipinski definition) is 4. The molecule has 5 heterocycles. The SMILES string of the molecule is c1ccc2c(c1)Oc1cc3c4c5c1B2c1cccc2c1N5c1c(cccc1B4c1ccccc1O3)S2. The summed E-state index contributed by atoms with van der Waals surface area (Å²) in [4.78, 5) is 5.15. The van der Waals surface area contributed by atoms with Crippen LogP contribution in [-0.2, 0) is 0 Å². The van der Waals surface area contributed by atoms with E-state index in [1.807, 2.05) is 11.8 Å². The Hall–Kier alpha value is -4.02. The first-order valence-corrected chi connectivity index (χ1v) is 13.2. The van der Waals surface area contributed by atoms with Gasteiger partial charge in [0, 0.05) is 21.5 Å². The quantitative estimate of drug-likeness (QED) is 0.313. The number of rotatable bonds is 0. The van der Waals surface area contributed by atoms with Crippen LogP contribution in [0.4, 0.5) is 17.1 Å². The zero-order valence-electron chi connectivity index (χ0n) is 19.0. The standard InChI is InChI=1S/C30H15B2NO2S/c1-3-11-20-16(7-1)31-18-9-5-13-24-28(18)33-29-19(10-6-14-25(29)36-24)32-17-8-2-4-12-21(17)35-23-15-22(34-20)26(31)30(33)27(23)32/h1-15H. The highest BCUT2D eigenvalue weighted by Gasteiger charge is 2.52. The fourth-order valence-electron chi connectivity index (χ4n) is 7.08. The molecule has 6 heteroatoms. The van der Waals surface area contributed by atoms with Crippen molar-refractivity contribution in [1.29, 1.82) is 0 Å². The Morgan fingerprint density at radius 2 is 1.00 bits per heavy atom. The van der Waals surface area contributed by atoms with E-state index in [-0.39, 0.29) is 13.4 Å². The number of anilines is 3. The molecule has 0 aromatic heterocycles. The van der Waals surface area contributed by atoms with Crippen molar-refractivity contribution in [2.75, 3.05) is 4.90 Å². The number of nitrogens with zero attached hydrogens (tertiary/aromatic N) is 1. The third-order valence-corrected chi connectivity index (χ3v) is 9.45. The first-order chi connectivity index (χ1) is 17.9. The van der Waals surface area contributed by atoms with Gasteiger partial charge in [0.05, 0.1) is 11.4 Å². The van der Waals surface area contributed by atoms with Crippen LogP contribution in [0.3, 0.4) is 0 Å². The Balaban J connectivity index is 1.42. The molecule has 5 aromatic rings. The first kappa shape index (κ1) is 18.3. The molecule has 0 bridgehead atoms. The van der Waals surface area contributed by atoms with Gasteiger partial charge in [-0.1, -0.05) is 72.4 Å². The van der Waals surface area contributed by atoms with Crippen LogP contribution in [0.15, 0.2) is 101 Å². The molecule has 36 heavy (non-hydrogen) atoms. The highest BCUT2D eigenvalue weighted by atomic mass is 32.2. The zero-order chi connectivity index (χ0) is 23.1. The molecule has 0 amide bonds. The van der Waals surface area contributed by atoms with Crippen molar-refractivity contribution in [1.82, 2.24) is 0 Å². The molecule has 0 saturated heterocycles. The number of ether oxygens (including phenoxy) is 2. The second-order valence-electron chi connectivity index (χ2n) is 10.0. The fraction of sp³-hybridized carbons (Fsp3) is 0. The molecule has 0 aliphatic carbocycles. The maximum atomic E-state index is 6.62. The summed E-state index contributed by atoms with van der Waals surface area (Å²) in [5.74, 6) is 3.67. The summed E-state index contributed by atoms with van der Waals surface area (Å²) < 4.78 is 13.2. The molecule has 0 radical (unpaired) electrons. The topological polar surface area (TPSA) is 21.7 Å². The van der Waals surface area contributed by atoms with E-state index >= 15 is 0 Å². The maximum absolute atomic E-state index is 6.62. The lowest BCUT2D eigenvalue weighted by molar-refractivity contribution is 0.465. The number of para-hydroxylation sites is 4. The minimum Gasteiger partial charge on any atom is -0.458 e. The van der Waals surface area contributed by atoms with Crippen molar-refractivity contribution in [3.05, 3.63) is 91.0 Å². The molecule has 5 aromatic carbocycles. The minimum atomic E-state index is 0.127. The van der Waals surface area contributed by atoms with Crippen molar-refractivity contribution in [2.24, 2.45) is 0 Å². The lowest BCUT2D eigenvalue weighted by atomic mass is 9.29. The van der Waals surface area contributed by atoms with Crippen LogP contribution >= 0.6 is 11.8 Å². The smallest absolute Gasteiger partial charge is 0.256 e. The van der Waals surface area contributed by atoms with E-state index in [0.717, 1.165) is 23.0 Å². The largest absolute Gasteiger partial charge is 0.458 e. The Labute approximate surface area is 212 Å². The Bertz CT molecular complexity index is 1740. The molecular weight excluding hydrogens is 460 g/mol. The van der Waals surface area contributed by atoms with E-state index in [4.69, 9.17) is 9.47 Å². The van der Waals surface area contributed by atoms with E-state index in [9.17, 15) is 0 Å². The van der Waals surface area contributed by atoms with Crippen molar-refractivity contribution in [3.8, 4) is 23.0 Å². The molecule has 0 fully saturated rings. The third kappa shape index (κ3) is 1.94. The van der Waals surface area contributed by atoms with E-state index in [1.54, 1.807) is 0 Å². The van der Waals surface area contributed by atoms with Crippen LogP contribution in [0, 0.1) is 0 Å². The van der Waals surface area contributed by atoms with Crippen molar-refractivity contribution >= 4 is 75.0 Å². The van der Waals surface area contributed by atoms with Crippen molar-refractivity contribution in [2.45, 2.75) is 9.79 Å². The Morgan fingerprint density at radius 3 is 1.56 bits per heavy atom. The summed E-state index contributed by atoms with van der Waals surface area (Å²) in [5, 5.41) is 0. The number of fused-ring (bicyclic) bond motifs is 6. The molecule has 5 aliphatic rings. The predicted molar refractivity (Wildman–Crippen MR) is 148 cm³/mol. The van der Waals surface area contributed by atoms with Gasteiger partial charge in [-0.3, -0.25) is 0 Å². The Morgan fingerprint density at radius 1 is 0.500 bits per heavy atom. The summed E-state index contributed by atoms with van der Waals surface area (Å²) in [6.07, 6.45) is 0. The second kappa shape index (κ2) is 6.03. The van der Waals surface area contributed by atoms with Gasteiger partial charge < -0.3 is 14.4 Å². The minimum absolute atomic E-state index is 0.127. The number of hydrogen-bond donors (Lipinski definition) is 0. The lowest BCUT2D eigenvalue weighted by Gasteiger charge is -2.49. The van der Waals surface area contributed by atoms with Gasteiger partial charge in [-0.25, -0.2) is 0 Å². The summed E-state index contributed by atoms with van der Waals surface area (Å²) in [7, 11) is 0. The third-order valence-electron chi connectivity index (χ3n) is 8.35. The van der Waals surface area contributed by atoms with Gasteiger partial charge in [0.2, 0.25) is 0 Å². The highest BCUT2D eigenvalue weighted by Crippen LogP contribution is 2.54. The summed E-state index contributed by atoms with van der Waals surface area (Å²) in [6, 6.07) is 32.7. The molecular formula is C30H15B2NO2S. The fourth-order valence-corrected chi connectivity index (χ4v) is 8.22. The zero-order valence-corrected chi connectivity index (χ0v) is 19.8. The van der Waals surface area contributed by atoms with Crippen LogP contribution in [0.1, 0.15) is 0 Å². The molecule has 0 unspecified atom stereocenters. The first-order valence-electron chi connectivity index (χ1n) is 12.3. The normalized spacial score (nSPS) is 15.4. The molecule has 3 nitrogen and oxygen atoms in total. The van der Waals surface area contributed by atoms with E-state index in [0.29, 0.717) is 0 Å². The summed E-state index contributed by atoms with van der Waals surface area (Å²) in [6.45, 7) is 0.253.